The molecule has 1 aromatic rings. The van der Waals surface area contributed by atoms with Gasteiger partial charge in [-0.15, -0.1) is 0 Å². The molecule has 1 aromatic carbocycles. The molecule has 29 heavy (non-hydrogen) atoms. The largest absolute Gasteiger partial charge is 0.497 e. The topological polar surface area (TPSA) is 118 Å². The molecule has 3 N–H and O–H groups in total. The molecule has 0 radical (unpaired) electrons. The van der Waals surface area contributed by atoms with E-state index in [1.807, 2.05) is 0 Å². The molecular weight excluding hydrogens is 376 g/mol. The molecule has 1 aliphatic carbocycles. The minimum atomic E-state index is -0.841. The van der Waals surface area contributed by atoms with Crippen LogP contribution in [0, 0.1) is 0 Å². The van der Waals surface area contributed by atoms with E-state index in [4.69, 9.17) is 9.47 Å². The van der Waals surface area contributed by atoms with Gasteiger partial charge < -0.3 is 20.1 Å². The van der Waals surface area contributed by atoms with Crippen LogP contribution in [0.15, 0.2) is 23.3 Å². The minimum absolute atomic E-state index is 0.0392. The highest BCUT2D eigenvalue weighted by Gasteiger charge is 2.20. The predicted molar refractivity (Wildman–Crippen MR) is 109 cm³/mol. The van der Waals surface area contributed by atoms with E-state index >= 15 is 0 Å². The molecule has 9 heteroatoms. The molecule has 0 aromatic heterocycles. The van der Waals surface area contributed by atoms with Crippen LogP contribution in [0.25, 0.3) is 0 Å². The Kier molecular flexibility index (Phi) is 8.45. The van der Waals surface area contributed by atoms with Crippen LogP contribution < -0.4 is 25.5 Å². The Labute approximate surface area is 170 Å². The molecule has 2 rings (SSSR count). The molecule has 0 aliphatic heterocycles. The minimum Gasteiger partial charge on any atom is -0.497 e. The first kappa shape index (κ1) is 22.2. The van der Waals surface area contributed by atoms with Gasteiger partial charge in [0.05, 0.1) is 26.3 Å². The number of nitrogens with zero attached hydrogens (tertiary/aromatic N) is 1. The highest BCUT2D eigenvalue weighted by molar-refractivity contribution is 6.35. The van der Waals surface area contributed by atoms with Crippen molar-refractivity contribution in [2.45, 2.75) is 51.5 Å². The van der Waals surface area contributed by atoms with E-state index in [0.29, 0.717) is 22.9 Å². The molecule has 0 atom stereocenters. The second kappa shape index (κ2) is 11.0. The van der Waals surface area contributed by atoms with Gasteiger partial charge in [0.25, 0.3) is 0 Å². The molecule has 158 valence electrons. The molecule has 1 saturated carbocycles. The number of carbonyl (C=O) groups is 3. The fourth-order valence-electron chi connectivity index (χ4n) is 3.06. The summed E-state index contributed by atoms with van der Waals surface area (Å²) in [4.78, 5) is 36.0. The summed E-state index contributed by atoms with van der Waals surface area (Å²) in [6.07, 6.45) is 4.98. The lowest BCUT2D eigenvalue weighted by atomic mass is 9.95. The van der Waals surface area contributed by atoms with E-state index in [-0.39, 0.29) is 18.4 Å². The van der Waals surface area contributed by atoms with Crippen molar-refractivity contribution < 1.29 is 23.9 Å². The lowest BCUT2D eigenvalue weighted by Crippen LogP contribution is -2.44. The Morgan fingerprint density at radius 1 is 1.07 bits per heavy atom. The van der Waals surface area contributed by atoms with Gasteiger partial charge in [-0.3, -0.25) is 14.4 Å². The number of rotatable bonds is 7. The van der Waals surface area contributed by atoms with Crippen LogP contribution in [-0.2, 0) is 14.4 Å². The van der Waals surface area contributed by atoms with Crippen LogP contribution in [-0.4, -0.2) is 43.7 Å². The number of methoxy groups -OCH3 is 2. The first-order chi connectivity index (χ1) is 13.9. The molecule has 9 nitrogen and oxygen atoms in total. The number of hydrogen-bond donors (Lipinski definition) is 3. The Balaban J connectivity index is 1.83. The van der Waals surface area contributed by atoms with Crippen LogP contribution >= 0.6 is 0 Å². The summed E-state index contributed by atoms with van der Waals surface area (Å²) in [5.41, 5.74) is 3.04. The number of benzene rings is 1. The third kappa shape index (κ3) is 7.10. The van der Waals surface area contributed by atoms with Gasteiger partial charge in [0.2, 0.25) is 5.91 Å². The highest BCUT2D eigenvalue weighted by Crippen LogP contribution is 2.29. The number of ether oxygens (including phenoxy) is 2. The van der Waals surface area contributed by atoms with Crippen LogP contribution in [0.3, 0.4) is 0 Å². The van der Waals surface area contributed by atoms with Gasteiger partial charge in [-0.05, 0) is 31.9 Å². The summed E-state index contributed by atoms with van der Waals surface area (Å²) in [6.45, 7) is 1.59. The van der Waals surface area contributed by atoms with Gasteiger partial charge in [-0.1, -0.05) is 19.3 Å². The molecule has 0 heterocycles. The molecular formula is C20H28N4O5. The van der Waals surface area contributed by atoms with Crippen molar-refractivity contribution in [3.8, 4) is 11.5 Å². The van der Waals surface area contributed by atoms with Crippen LogP contribution in [0.5, 0.6) is 11.5 Å². The van der Waals surface area contributed by atoms with Gasteiger partial charge >= 0.3 is 11.8 Å². The van der Waals surface area contributed by atoms with Gasteiger partial charge in [-0.25, -0.2) is 5.43 Å². The lowest BCUT2D eigenvalue weighted by molar-refractivity contribution is -0.139. The standard InChI is InChI=1S/C20H28N4O5/c1-13(23-24-20(27)19(26)21-14-7-5-4-6-8-14)11-18(25)22-16-10-9-15(28-2)12-17(16)29-3/h9-10,12,14H,4-8,11H2,1-3H3,(H,21,26)(H,22,25)(H,24,27)/b23-13-. The van der Waals surface area contributed by atoms with E-state index < -0.39 is 11.8 Å². The lowest BCUT2D eigenvalue weighted by Gasteiger charge is -2.22. The Hall–Kier alpha value is -3.10. The second-order valence-corrected chi connectivity index (χ2v) is 6.89. The zero-order valence-electron chi connectivity index (χ0n) is 17.0. The SMILES string of the molecule is COc1ccc(NC(=O)C/C(C)=N\NC(=O)C(=O)NC2CCCCC2)c(OC)c1. The quantitative estimate of drug-likeness (QED) is 0.365. The summed E-state index contributed by atoms with van der Waals surface area (Å²) in [5.74, 6) is -0.824. The Morgan fingerprint density at radius 3 is 2.45 bits per heavy atom. The first-order valence-electron chi connectivity index (χ1n) is 9.58. The monoisotopic (exact) mass is 404 g/mol. The van der Waals surface area contributed by atoms with E-state index in [1.54, 1.807) is 25.1 Å². The summed E-state index contributed by atoms with van der Waals surface area (Å²) in [5, 5.41) is 9.26. The van der Waals surface area contributed by atoms with Crippen LogP contribution in [0.1, 0.15) is 45.4 Å². The van der Waals surface area contributed by atoms with Gasteiger partial charge in [0.1, 0.15) is 11.5 Å². The zero-order valence-corrected chi connectivity index (χ0v) is 17.0. The van der Waals surface area contributed by atoms with Crippen LogP contribution in [0.4, 0.5) is 5.69 Å². The average Bonchev–Trinajstić information content (AvgIpc) is 2.72. The van der Waals surface area contributed by atoms with Crippen molar-refractivity contribution in [2.24, 2.45) is 5.10 Å². The number of nitrogens with one attached hydrogen (secondary N) is 3. The van der Waals surface area contributed by atoms with Gasteiger partial charge in [-0.2, -0.15) is 5.10 Å². The van der Waals surface area contributed by atoms with Crippen molar-refractivity contribution in [3.63, 3.8) is 0 Å². The number of carbonyl (C=O) groups excluding carboxylic acids is 3. The molecule has 1 aliphatic rings. The van der Waals surface area contributed by atoms with E-state index in [0.717, 1.165) is 32.1 Å². The van der Waals surface area contributed by atoms with Crippen molar-refractivity contribution in [1.82, 2.24) is 10.7 Å². The Bertz CT molecular complexity index is 772. The number of hydrazone groups is 1. The summed E-state index contributed by atoms with van der Waals surface area (Å²) >= 11 is 0. The third-order valence-electron chi connectivity index (χ3n) is 4.59. The average molecular weight is 404 g/mol. The van der Waals surface area contributed by atoms with Crippen LogP contribution in [0.2, 0.25) is 0 Å². The van der Waals surface area contributed by atoms with Crippen molar-refractivity contribution in [1.29, 1.82) is 0 Å². The fraction of sp³-hybridized carbons (Fsp3) is 0.500. The second-order valence-electron chi connectivity index (χ2n) is 6.89. The molecule has 0 saturated heterocycles. The van der Waals surface area contributed by atoms with E-state index in [9.17, 15) is 14.4 Å². The van der Waals surface area contributed by atoms with Crippen molar-refractivity contribution >= 4 is 29.1 Å². The first-order valence-corrected chi connectivity index (χ1v) is 9.58. The summed E-state index contributed by atoms with van der Waals surface area (Å²) in [7, 11) is 3.03. The van der Waals surface area contributed by atoms with Gasteiger partial charge in [0.15, 0.2) is 0 Å². The molecule has 1 fully saturated rings. The maximum Gasteiger partial charge on any atom is 0.329 e. The molecule has 0 spiro atoms. The van der Waals surface area contributed by atoms with E-state index in [1.165, 1.54) is 14.2 Å². The third-order valence-corrected chi connectivity index (χ3v) is 4.59. The maximum atomic E-state index is 12.2. The smallest absolute Gasteiger partial charge is 0.329 e. The number of hydrogen-bond acceptors (Lipinski definition) is 6. The molecule has 0 unspecified atom stereocenters. The molecule has 3 amide bonds. The number of amides is 3. The highest BCUT2D eigenvalue weighted by atomic mass is 16.5. The van der Waals surface area contributed by atoms with Crippen molar-refractivity contribution in [2.75, 3.05) is 19.5 Å². The fourth-order valence-corrected chi connectivity index (χ4v) is 3.06. The number of anilines is 1. The maximum absolute atomic E-state index is 12.2. The zero-order chi connectivity index (χ0) is 21.2. The predicted octanol–water partition coefficient (Wildman–Crippen LogP) is 1.97. The molecule has 0 bridgehead atoms. The summed E-state index contributed by atoms with van der Waals surface area (Å²) in [6, 6.07) is 5.06. The van der Waals surface area contributed by atoms with Gasteiger partial charge in [0, 0.05) is 17.8 Å². The normalized spacial score (nSPS) is 14.7. The Morgan fingerprint density at radius 2 is 1.79 bits per heavy atom. The van der Waals surface area contributed by atoms with E-state index in [2.05, 4.69) is 21.2 Å². The summed E-state index contributed by atoms with van der Waals surface area (Å²) < 4.78 is 10.4. The van der Waals surface area contributed by atoms with Crippen molar-refractivity contribution in [3.05, 3.63) is 18.2 Å².